The standard InChI is InChI=1S/C24H21NO3/c1-17(26)27-24(28-18-11-5-3-6-12-18)23-19-13-7-4-8-15-21(19)25(2)22-16-10-9-14-20(22)23/h3-7,9-16H,8H2,1-2H3/b24-23+. The fourth-order valence-electron chi connectivity index (χ4n) is 3.47. The Labute approximate surface area is 164 Å². The van der Waals surface area contributed by atoms with E-state index < -0.39 is 5.97 Å². The van der Waals surface area contributed by atoms with Crippen LogP contribution in [0.25, 0.3) is 5.57 Å². The second-order valence-corrected chi connectivity index (χ2v) is 6.58. The van der Waals surface area contributed by atoms with Gasteiger partial charge in [0.15, 0.2) is 0 Å². The third-order valence-electron chi connectivity index (χ3n) is 4.68. The molecule has 140 valence electrons. The molecular weight excluding hydrogens is 350 g/mol. The summed E-state index contributed by atoms with van der Waals surface area (Å²) in [6, 6.07) is 17.4. The number of ether oxygens (including phenoxy) is 2. The molecule has 0 amide bonds. The fraction of sp³-hybridized carbons (Fsp3) is 0.125. The Bertz CT molecular complexity index is 1030. The van der Waals surface area contributed by atoms with Crippen molar-refractivity contribution >= 4 is 17.2 Å². The number of hydrogen-bond donors (Lipinski definition) is 0. The largest absolute Gasteiger partial charge is 0.425 e. The van der Waals surface area contributed by atoms with E-state index in [1.165, 1.54) is 6.92 Å². The molecule has 2 aromatic rings. The molecule has 1 aliphatic heterocycles. The molecule has 4 rings (SSSR count). The van der Waals surface area contributed by atoms with Gasteiger partial charge >= 0.3 is 11.9 Å². The van der Waals surface area contributed by atoms with Gasteiger partial charge in [-0.3, -0.25) is 4.79 Å². The first-order valence-electron chi connectivity index (χ1n) is 9.21. The SMILES string of the molecule is CC(=O)O/C(Oc1ccccc1)=C1/C2=CC=CCC=C2N(C)c2ccccc21. The number of hydrogen-bond acceptors (Lipinski definition) is 4. The molecule has 2 aromatic carbocycles. The van der Waals surface area contributed by atoms with Gasteiger partial charge in [-0.1, -0.05) is 60.7 Å². The molecule has 0 radical (unpaired) electrons. The Morgan fingerprint density at radius 1 is 1.04 bits per heavy atom. The van der Waals surface area contributed by atoms with E-state index in [-0.39, 0.29) is 5.95 Å². The normalized spacial score (nSPS) is 16.9. The summed E-state index contributed by atoms with van der Waals surface area (Å²) in [6.07, 6.45) is 9.15. The molecule has 28 heavy (non-hydrogen) atoms. The molecule has 4 nitrogen and oxygen atoms in total. The number of esters is 1. The van der Waals surface area contributed by atoms with Crippen LogP contribution < -0.4 is 9.64 Å². The van der Waals surface area contributed by atoms with Gasteiger partial charge in [0.25, 0.3) is 0 Å². The van der Waals surface area contributed by atoms with E-state index >= 15 is 0 Å². The maximum atomic E-state index is 11.9. The summed E-state index contributed by atoms with van der Waals surface area (Å²) >= 11 is 0. The molecule has 0 bridgehead atoms. The summed E-state index contributed by atoms with van der Waals surface area (Å²) in [4.78, 5) is 14.1. The minimum Gasteiger partial charge on any atom is -0.425 e. The quantitative estimate of drug-likeness (QED) is 0.548. The van der Waals surface area contributed by atoms with Gasteiger partial charge in [-0.25, -0.2) is 0 Å². The van der Waals surface area contributed by atoms with Gasteiger partial charge in [0.2, 0.25) is 0 Å². The molecule has 0 spiro atoms. The monoisotopic (exact) mass is 371 g/mol. The molecule has 4 heteroatoms. The van der Waals surface area contributed by atoms with Crippen molar-refractivity contribution in [1.29, 1.82) is 0 Å². The number of anilines is 1. The second kappa shape index (κ2) is 7.61. The molecule has 0 saturated carbocycles. The zero-order chi connectivity index (χ0) is 19.5. The predicted octanol–water partition coefficient (Wildman–Crippen LogP) is 5.22. The minimum absolute atomic E-state index is 0.187. The fourth-order valence-corrected chi connectivity index (χ4v) is 3.47. The number of allylic oxidation sites excluding steroid dienone is 5. The van der Waals surface area contributed by atoms with E-state index in [0.29, 0.717) is 5.75 Å². The third kappa shape index (κ3) is 3.37. The molecule has 0 saturated heterocycles. The highest BCUT2D eigenvalue weighted by molar-refractivity contribution is 5.96. The zero-order valence-corrected chi connectivity index (χ0v) is 15.9. The van der Waals surface area contributed by atoms with Crippen molar-refractivity contribution in [2.75, 3.05) is 11.9 Å². The Morgan fingerprint density at radius 3 is 2.57 bits per heavy atom. The van der Waals surface area contributed by atoms with Crippen LogP contribution in [0.1, 0.15) is 18.9 Å². The van der Waals surface area contributed by atoms with Gasteiger partial charge in [-0.05, 0) is 24.6 Å². The number of fused-ring (bicyclic) bond motifs is 2. The molecule has 1 aliphatic carbocycles. The molecular formula is C24H21NO3. The van der Waals surface area contributed by atoms with E-state index in [1.807, 2.05) is 67.7 Å². The molecule has 0 unspecified atom stereocenters. The number of rotatable bonds is 3. The van der Waals surface area contributed by atoms with Crippen LogP contribution in [0.15, 0.2) is 96.1 Å². The van der Waals surface area contributed by atoms with Gasteiger partial charge in [0.1, 0.15) is 5.75 Å². The van der Waals surface area contributed by atoms with Crippen LogP contribution in [0, 0.1) is 0 Å². The third-order valence-corrected chi connectivity index (χ3v) is 4.68. The van der Waals surface area contributed by atoms with Gasteiger partial charge in [-0.2, -0.15) is 0 Å². The molecule has 0 fully saturated rings. The molecule has 0 aromatic heterocycles. The molecule has 2 aliphatic rings. The van der Waals surface area contributed by atoms with Crippen LogP contribution in [0.2, 0.25) is 0 Å². The Morgan fingerprint density at radius 2 is 1.79 bits per heavy atom. The van der Waals surface area contributed by atoms with Gasteiger partial charge in [0, 0.05) is 36.5 Å². The Kier molecular flexibility index (Phi) is 4.85. The average molecular weight is 371 g/mol. The minimum atomic E-state index is -0.426. The van der Waals surface area contributed by atoms with Crippen molar-refractivity contribution < 1.29 is 14.3 Å². The van der Waals surface area contributed by atoms with Crippen molar-refractivity contribution in [2.24, 2.45) is 0 Å². The number of nitrogens with zero attached hydrogens (tertiary/aromatic N) is 1. The number of carbonyl (C=O) groups excluding carboxylic acids is 1. The highest BCUT2D eigenvalue weighted by Crippen LogP contribution is 2.45. The smallest absolute Gasteiger partial charge is 0.310 e. The summed E-state index contributed by atoms with van der Waals surface area (Å²) in [5.41, 5.74) is 4.77. The van der Waals surface area contributed by atoms with Gasteiger partial charge in [-0.15, -0.1) is 0 Å². The van der Waals surface area contributed by atoms with Crippen molar-refractivity contribution in [3.05, 3.63) is 102 Å². The summed E-state index contributed by atoms with van der Waals surface area (Å²) in [5.74, 6) is 0.370. The van der Waals surface area contributed by atoms with Crippen molar-refractivity contribution in [3.8, 4) is 5.75 Å². The average Bonchev–Trinajstić information content (AvgIpc) is 2.95. The van der Waals surface area contributed by atoms with E-state index in [1.54, 1.807) is 0 Å². The van der Waals surface area contributed by atoms with Crippen LogP contribution in [0.4, 0.5) is 5.69 Å². The summed E-state index contributed by atoms with van der Waals surface area (Å²) < 4.78 is 11.7. The van der Waals surface area contributed by atoms with E-state index in [4.69, 9.17) is 9.47 Å². The topological polar surface area (TPSA) is 38.8 Å². The van der Waals surface area contributed by atoms with Crippen LogP contribution in [0.3, 0.4) is 0 Å². The van der Waals surface area contributed by atoms with Gasteiger partial charge in [0.05, 0.1) is 5.57 Å². The maximum Gasteiger partial charge on any atom is 0.310 e. The number of carbonyl (C=O) groups is 1. The first-order valence-corrected chi connectivity index (χ1v) is 9.21. The lowest BCUT2D eigenvalue weighted by Gasteiger charge is -2.34. The molecule has 0 atom stereocenters. The lowest BCUT2D eigenvalue weighted by atomic mass is 9.89. The van der Waals surface area contributed by atoms with Crippen molar-refractivity contribution in [2.45, 2.75) is 13.3 Å². The van der Waals surface area contributed by atoms with E-state index in [2.05, 4.69) is 23.1 Å². The maximum absolute atomic E-state index is 11.9. The van der Waals surface area contributed by atoms with Gasteiger partial charge < -0.3 is 14.4 Å². The van der Waals surface area contributed by atoms with Crippen molar-refractivity contribution in [3.63, 3.8) is 0 Å². The van der Waals surface area contributed by atoms with Crippen LogP contribution in [-0.4, -0.2) is 13.0 Å². The summed E-state index contributed by atoms with van der Waals surface area (Å²) in [5, 5.41) is 0. The number of para-hydroxylation sites is 2. The summed E-state index contributed by atoms with van der Waals surface area (Å²) in [6.45, 7) is 1.38. The zero-order valence-electron chi connectivity index (χ0n) is 15.9. The number of benzene rings is 2. The first kappa shape index (κ1) is 17.9. The molecule has 1 heterocycles. The predicted molar refractivity (Wildman–Crippen MR) is 111 cm³/mol. The Hall–Kier alpha value is -3.53. The van der Waals surface area contributed by atoms with E-state index in [0.717, 1.165) is 34.5 Å². The van der Waals surface area contributed by atoms with E-state index in [9.17, 15) is 4.79 Å². The van der Waals surface area contributed by atoms with Crippen LogP contribution in [-0.2, 0) is 9.53 Å². The number of likely N-dealkylation sites (N-methyl/N-ethyl adjacent to an activating group) is 1. The van der Waals surface area contributed by atoms with Crippen LogP contribution >= 0.6 is 0 Å². The lowest BCUT2D eigenvalue weighted by Crippen LogP contribution is -2.26. The molecule has 0 N–H and O–H groups in total. The van der Waals surface area contributed by atoms with Crippen molar-refractivity contribution in [1.82, 2.24) is 0 Å². The summed E-state index contributed by atoms with van der Waals surface area (Å²) in [7, 11) is 2.05. The van der Waals surface area contributed by atoms with Crippen LogP contribution in [0.5, 0.6) is 5.75 Å². The second-order valence-electron chi connectivity index (χ2n) is 6.58. The highest BCUT2D eigenvalue weighted by atomic mass is 16.7. The highest BCUT2D eigenvalue weighted by Gasteiger charge is 2.31. The lowest BCUT2D eigenvalue weighted by molar-refractivity contribution is -0.139. The first-order chi connectivity index (χ1) is 13.6. The Balaban J connectivity index is 1.97.